The molecule has 0 bridgehead atoms. The van der Waals surface area contributed by atoms with E-state index in [0.29, 0.717) is 0 Å². The molecule has 1 heterocycles. The van der Waals surface area contributed by atoms with Crippen molar-refractivity contribution in [3.63, 3.8) is 0 Å². The summed E-state index contributed by atoms with van der Waals surface area (Å²) < 4.78 is 0. The first-order chi connectivity index (χ1) is 12.1. The van der Waals surface area contributed by atoms with Crippen molar-refractivity contribution in [2.24, 2.45) is 0 Å². The van der Waals surface area contributed by atoms with Crippen molar-refractivity contribution in [3.05, 3.63) is 96.8 Å². The molecule has 0 aromatic heterocycles. The van der Waals surface area contributed by atoms with E-state index in [1.165, 1.54) is 16.8 Å². The first-order valence-corrected chi connectivity index (χ1v) is 8.91. The molecule has 2 rings (SSSR count). The van der Waals surface area contributed by atoms with E-state index in [9.17, 15) is 0 Å². The van der Waals surface area contributed by atoms with E-state index < -0.39 is 0 Å². The van der Waals surface area contributed by atoms with E-state index in [1.54, 1.807) is 0 Å². The third-order valence-electron chi connectivity index (χ3n) is 4.06. The average Bonchev–Trinajstić information content (AvgIpc) is 2.62. The molecule has 1 aromatic carbocycles. The summed E-state index contributed by atoms with van der Waals surface area (Å²) in [7, 11) is 0. The van der Waals surface area contributed by atoms with Crippen molar-refractivity contribution in [1.82, 2.24) is 0 Å². The van der Waals surface area contributed by atoms with Gasteiger partial charge < -0.3 is 4.90 Å². The van der Waals surface area contributed by atoms with E-state index >= 15 is 0 Å². The molecule has 0 fully saturated rings. The summed E-state index contributed by atoms with van der Waals surface area (Å²) in [5.41, 5.74) is 6.90. The van der Waals surface area contributed by atoms with Crippen LogP contribution < -0.4 is 4.90 Å². The molecule has 0 radical (unpaired) electrons. The third-order valence-corrected chi connectivity index (χ3v) is 4.06. The lowest BCUT2D eigenvalue weighted by Gasteiger charge is -2.30. The molecule has 1 aliphatic rings. The van der Waals surface area contributed by atoms with Gasteiger partial charge in [0.05, 0.1) is 0 Å². The highest BCUT2D eigenvalue weighted by Gasteiger charge is 2.17. The van der Waals surface area contributed by atoms with Crippen LogP contribution >= 0.6 is 0 Å². The molecule has 0 aliphatic carbocycles. The maximum atomic E-state index is 4.32. The summed E-state index contributed by atoms with van der Waals surface area (Å²) in [5.74, 6) is 0. The number of para-hydroxylation sites is 1. The molecule has 1 heteroatoms. The van der Waals surface area contributed by atoms with Crippen LogP contribution in [0.3, 0.4) is 0 Å². The smallest absolute Gasteiger partial charge is 0.0484 e. The zero-order chi connectivity index (χ0) is 18.8. The topological polar surface area (TPSA) is 3.24 Å². The van der Waals surface area contributed by atoms with Crippen molar-refractivity contribution in [3.8, 4) is 0 Å². The van der Waals surface area contributed by atoms with Gasteiger partial charge >= 0.3 is 0 Å². The minimum atomic E-state index is 0.751. The maximum absolute atomic E-state index is 4.32. The molecule has 0 saturated carbocycles. The SMILES string of the molecule is C=CC1=C(\C=C)CN(C(=C)CCC(=C)C)c2ccccc2/C=C\1.CC. The summed E-state index contributed by atoms with van der Waals surface area (Å²) >= 11 is 0. The van der Waals surface area contributed by atoms with Gasteiger partial charge in [0.2, 0.25) is 0 Å². The molecule has 0 N–H and O–H groups in total. The van der Waals surface area contributed by atoms with Crippen LogP contribution in [0, 0.1) is 0 Å². The van der Waals surface area contributed by atoms with Gasteiger partial charge in [-0.05, 0) is 42.5 Å². The highest BCUT2D eigenvalue weighted by Crippen LogP contribution is 2.31. The summed E-state index contributed by atoms with van der Waals surface area (Å²) in [6.45, 7) is 23.0. The number of anilines is 1. The van der Waals surface area contributed by atoms with Gasteiger partial charge in [-0.1, -0.05) is 81.7 Å². The molecule has 0 saturated heterocycles. The Balaban J connectivity index is 0.00000151. The number of nitrogens with zero attached hydrogens (tertiary/aromatic N) is 1. The van der Waals surface area contributed by atoms with Gasteiger partial charge in [-0.25, -0.2) is 0 Å². The fraction of sp³-hybridized carbons (Fsp3) is 0.250. The lowest BCUT2D eigenvalue weighted by Crippen LogP contribution is -2.26. The molecule has 0 spiro atoms. The highest BCUT2D eigenvalue weighted by molar-refractivity contribution is 5.73. The second-order valence-electron chi connectivity index (χ2n) is 5.89. The molecule has 0 unspecified atom stereocenters. The largest absolute Gasteiger partial charge is 0.341 e. The van der Waals surface area contributed by atoms with Crippen LogP contribution in [0.25, 0.3) is 6.08 Å². The Morgan fingerprint density at radius 1 is 1.04 bits per heavy atom. The van der Waals surface area contributed by atoms with Crippen LogP contribution in [-0.4, -0.2) is 6.54 Å². The molecule has 132 valence electrons. The third kappa shape index (κ3) is 5.49. The Labute approximate surface area is 154 Å². The van der Waals surface area contributed by atoms with Crippen molar-refractivity contribution >= 4 is 11.8 Å². The van der Waals surface area contributed by atoms with Crippen LogP contribution in [0.5, 0.6) is 0 Å². The van der Waals surface area contributed by atoms with Gasteiger partial charge in [-0.15, -0.1) is 6.58 Å². The van der Waals surface area contributed by atoms with Gasteiger partial charge in [0.15, 0.2) is 0 Å². The number of hydrogen-bond acceptors (Lipinski definition) is 1. The Hall–Kier alpha value is -2.54. The Morgan fingerprint density at radius 2 is 1.72 bits per heavy atom. The fourth-order valence-electron chi connectivity index (χ4n) is 2.66. The van der Waals surface area contributed by atoms with Crippen LogP contribution in [0.4, 0.5) is 5.69 Å². The lowest BCUT2D eigenvalue weighted by atomic mass is 10.00. The zero-order valence-electron chi connectivity index (χ0n) is 16.0. The van der Waals surface area contributed by atoms with E-state index in [2.05, 4.69) is 74.6 Å². The van der Waals surface area contributed by atoms with Crippen molar-refractivity contribution in [2.45, 2.75) is 33.6 Å². The van der Waals surface area contributed by atoms with Gasteiger partial charge in [0, 0.05) is 17.9 Å². The monoisotopic (exact) mass is 333 g/mol. The number of allylic oxidation sites excluding steroid dienone is 5. The minimum absolute atomic E-state index is 0.751. The molecule has 0 amide bonds. The van der Waals surface area contributed by atoms with Crippen molar-refractivity contribution < 1.29 is 0 Å². The summed E-state index contributed by atoms with van der Waals surface area (Å²) in [6.07, 6.45) is 9.89. The van der Waals surface area contributed by atoms with Crippen molar-refractivity contribution in [1.29, 1.82) is 0 Å². The molecular formula is C24H31N. The number of hydrogen-bond donors (Lipinski definition) is 0. The molecule has 0 atom stereocenters. The summed E-state index contributed by atoms with van der Waals surface area (Å²) in [4.78, 5) is 2.28. The lowest BCUT2D eigenvalue weighted by molar-refractivity contribution is 0.851. The van der Waals surface area contributed by atoms with E-state index in [0.717, 1.165) is 36.2 Å². The maximum Gasteiger partial charge on any atom is 0.0484 e. The van der Waals surface area contributed by atoms with Crippen LogP contribution in [0.2, 0.25) is 0 Å². The molecule has 1 nitrogen and oxygen atoms in total. The Bertz CT molecular complexity index is 701. The zero-order valence-corrected chi connectivity index (χ0v) is 16.0. The van der Waals surface area contributed by atoms with Gasteiger partial charge in [0.25, 0.3) is 0 Å². The number of rotatable bonds is 6. The number of benzene rings is 1. The standard InChI is InChI=1S/C22H25N.C2H6/c1-6-19-14-15-21-10-8-9-11-22(21)23(16-20(19)7-2)18(5)13-12-17(3)4;1-2/h6-11,14-15H,1-3,5,12-13,16H2,4H3;1-2H3/b15-14-,20-19-;. The normalized spacial score (nSPS) is 17.2. The summed E-state index contributed by atoms with van der Waals surface area (Å²) in [6, 6.07) is 8.40. The molecule has 1 aliphatic heterocycles. The van der Waals surface area contributed by atoms with E-state index in [1.807, 2.05) is 26.0 Å². The first-order valence-electron chi connectivity index (χ1n) is 8.91. The van der Waals surface area contributed by atoms with Crippen LogP contribution in [0.1, 0.15) is 39.2 Å². The molecule has 25 heavy (non-hydrogen) atoms. The van der Waals surface area contributed by atoms with E-state index in [4.69, 9.17) is 0 Å². The van der Waals surface area contributed by atoms with Gasteiger partial charge in [-0.2, -0.15) is 0 Å². The fourth-order valence-corrected chi connectivity index (χ4v) is 2.66. The van der Waals surface area contributed by atoms with Gasteiger partial charge in [0.1, 0.15) is 0 Å². The second kappa shape index (κ2) is 10.4. The van der Waals surface area contributed by atoms with Crippen molar-refractivity contribution in [2.75, 3.05) is 11.4 Å². The quantitative estimate of drug-likeness (QED) is 0.502. The van der Waals surface area contributed by atoms with E-state index in [-0.39, 0.29) is 0 Å². The minimum Gasteiger partial charge on any atom is -0.341 e. The second-order valence-corrected chi connectivity index (χ2v) is 5.89. The van der Waals surface area contributed by atoms with Crippen LogP contribution in [0.15, 0.2) is 91.2 Å². The number of fused-ring (bicyclic) bond motifs is 1. The van der Waals surface area contributed by atoms with Gasteiger partial charge in [-0.3, -0.25) is 0 Å². The van der Waals surface area contributed by atoms with Crippen LogP contribution in [-0.2, 0) is 0 Å². The Morgan fingerprint density at radius 3 is 2.32 bits per heavy atom. The molecular weight excluding hydrogens is 302 g/mol. The summed E-state index contributed by atoms with van der Waals surface area (Å²) in [5, 5.41) is 0. The predicted molar refractivity (Wildman–Crippen MR) is 115 cm³/mol. The Kier molecular flexibility index (Phi) is 8.49. The average molecular weight is 334 g/mol. The first kappa shape index (κ1) is 20.5. The highest BCUT2D eigenvalue weighted by atomic mass is 15.1. The predicted octanol–water partition coefficient (Wildman–Crippen LogP) is 7.08. The molecule has 1 aromatic rings.